The summed E-state index contributed by atoms with van der Waals surface area (Å²) in [6.07, 6.45) is 3.14. The molecular formula is C13H7ClN4O. The molecule has 4 aromatic rings. The van der Waals surface area contributed by atoms with Gasteiger partial charge in [0, 0.05) is 16.5 Å². The van der Waals surface area contributed by atoms with Gasteiger partial charge < -0.3 is 9.40 Å². The molecule has 0 aliphatic heterocycles. The van der Waals surface area contributed by atoms with Crippen molar-refractivity contribution in [2.24, 2.45) is 0 Å². The number of nitrogens with one attached hydrogen (secondary N) is 1. The highest BCUT2D eigenvalue weighted by Crippen LogP contribution is 2.28. The van der Waals surface area contributed by atoms with E-state index in [4.69, 9.17) is 16.0 Å². The monoisotopic (exact) mass is 270 g/mol. The number of fused-ring (bicyclic) bond motifs is 2. The number of H-pyrrole nitrogens is 1. The third kappa shape index (κ3) is 1.67. The largest absolute Gasteiger partial charge is 0.453 e. The average Bonchev–Trinajstić information content (AvgIpc) is 3.00. The van der Waals surface area contributed by atoms with Gasteiger partial charge in [0.05, 0.1) is 6.20 Å². The van der Waals surface area contributed by atoms with Crippen LogP contribution in [0.3, 0.4) is 0 Å². The summed E-state index contributed by atoms with van der Waals surface area (Å²) in [6.45, 7) is 0. The number of hydrogen-bond acceptors (Lipinski definition) is 4. The van der Waals surface area contributed by atoms with E-state index >= 15 is 0 Å². The van der Waals surface area contributed by atoms with Gasteiger partial charge in [-0.3, -0.25) is 0 Å². The first-order valence-corrected chi connectivity index (χ1v) is 6.02. The number of aromatic amines is 1. The fourth-order valence-corrected chi connectivity index (χ4v) is 2.16. The molecule has 3 aromatic heterocycles. The Kier molecular flexibility index (Phi) is 2.10. The molecule has 0 saturated heterocycles. The van der Waals surface area contributed by atoms with Crippen LogP contribution in [0.1, 0.15) is 0 Å². The highest BCUT2D eigenvalue weighted by molar-refractivity contribution is 6.31. The molecule has 0 aliphatic rings. The molecular weight excluding hydrogens is 264 g/mol. The van der Waals surface area contributed by atoms with Crippen molar-refractivity contribution in [3.05, 3.63) is 41.8 Å². The van der Waals surface area contributed by atoms with Crippen LogP contribution in [0.4, 0.5) is 0 Å². The van der Waals surface area contributed by atoms with Crippen molar-refractivity contribution in [3.63, 3.8) is 0 Å². The molecule has 0 bridgehead atoms. The molecule has 0 aliphatic carbocycles. The molecule has 4 rings (SSSR count). The Morgan fingerprint density at radius 2 is 2.16 bits per heavy atom. The number of aromatic nitrogens is 4. The van der Waals surface area contributed by atoms with Crippen LogP contribution in [0.2, 0.25) is 5.02 Å². The molecule has 0 unspecified atom stereocenters. The van der Waals surface area contributed by atoms with Gasteiger partial charge in [0.15, 0.2) is 17.2 Å². The summed E-state index contributed by atoms with van der Waals surface area (Å²) in [5.74, 6) is 1.28. The van der Waals surface area contributed by atoms with E-state index < -0.39 is 0 Å². The molecule has 6 heteroatoms. The van der Waals surface area contributed by atoms with Gasteiger partial charge in [0.25, 0.3) is 0 Å². The smallest absolute Gasteiger partial charge is 0.181 e. The normalized spacial score (nSPS) is 11.4. The maximum absolute atomic E-state index is 5.94. The molecule has 0 fully saturated rings. The fraction of sp³-hybridized carbons (Fsp3) is 0. The molecule has 0 spiro atoms. The summed E-state index contributed by atoms with van der Waals surface area (Å²) in [5.41, 5.74) is 2.12. The topological polar surface area (TPSA) is 67.6 Å². The van der Waals surface area contributed by atoms with Crippen molar-refractivity contribution in [3.8, 4) is 11.6 Å². The zero-order valence-corrected chi connectivity index (χ0v) is 10.3. The Bertz CT molecular complexity index is 863. The van der Waals surface area contributed by atoms with E-state index in [0.29, 0.717) is 22.3 Å². The van der Waals surface area contributed by atoms with E-state index in [9.17, 15) is 0 Å². The van der Waals surface area contributed by atoms with Gasteiger partial charge in [0.2, 0.25) is 0 Å². The Balaban J connectivity index is 1.93. The lowest BCUT2D eigenvalue weighted by atomic mass is 10.2. The number of furan rings is 1. The van der Waals surface area contributed by atoms with Crippen LogP contribution >= 0.6 is 11.6 Å². The minimum absolute atomic E-state index is 0.614. The van der Waals surface area contributed by atoms with Crippen LogP contribution in [0, 0.1) is 0 Å². The summed E-state index contributed by atoms with van der Waals surface area (Å²) in [7, 11) is 0. The Labute approximate surface area is 112 Å². The molecule has 92 valence electrons. The number of rotatable bonds is 1. The average molecular weight is 271 g/mol. The third-order valence-corrected chi connectivity index (χ3v) is 3.11. The lowest BCUT2D eigenvalue weighted by molar-refractivity contribution is 0.626. The molecule has 1 aromatic carbocycles. The minimum Gasteiger partial charge on any atom is -0.453 e. The van der Waals surface area contributed by atoms with Crippen molar-refractivity contribution in [1.29, 1.82) is 0 Å². The lowest BCUT2D eigenvalue weighted by Crippen LogP contribution is -1.76. The van der Waals surface area contributed by atoms with Gasteiger partial charge in [-0.25, -0.2) is 15.0 Å². The van der Waals surface area contributed by atoms with E-state index in [-0.39, 0.29) is 0 Å². The Morgan fingerprint density at radius 1 is 1.21 bits per heavy atom. The van der Waals surface area contributed by atoms with Crippen LogP contribution in [0.25, 0.3) is 33.7 Å². The minimum atomic E-state index is 0.614. The number of halogens is 1. The molecule has 0 radical (unpaired) electrons. The summed E-state index contributed by atoms with van der Waals surface area (Å²) in [6, 6.07) is 7.43. The van der Waals surface area contributed by atoms with Gasteiger partial charge in [0.1, 0.15) is 17.4 Å². The van der Waals surface area contributed by atoms with Gasteiger partial charge in [-0.2, -0.15) is 0 Å². The predicted octanol–water partition coefficient (Wildman–Crippen LogP) is 3.42. The number of nitrogens with zero attached hydrogens (tertiary/aromatic N) is 3. The molecule has 3 heterocycles. The first-order chi connectivity index (χ1) is 9.29. The predicted molar refractivity (Wildman–Crippen MR) is 71.9 cm³/mol. The van der Waals surface area contributed by atoms with Gasteiger partial charge in [-0.05, 0) is 18.2 Å². The van der Waals surface area contributed by atoms with Crippen LogP contribution in [-0.4, -0.2) is 19.9 Å². The molecule has 1 N–H and O–H groups in total. The van der Waals surface area contributed by atoms with Crippen LogP contribution in [0.15, 0.2) is 41.2 Å². The van der Waals surface area contributed by atoms with Crippen LogP contribution in [0.5, 0.6) is 0 Å². The second kappa shape index (κ2) is 3.80. The van der Waals surface area contributed by atoms with Crippen LogP contribution in [-0.2, 0) is 0 Å². The van der Waals surface area contributed by atoms with Crippen molar-refractivity contribution in [1.82, 2.24) is 19.9 Å². The van der Waals surface area contributed by atoms with E-state index in [0.717, 1.165) is 16.5 Å². The van der Waals surface area contributed by atoms with Crippen LogP contribution < -0.4 is 0 Å². The molecule has 0 atom stereocenters. The highest BCUT2D eigenvalue weighted by Gasteiger charge is 2.11. The van der Waals surface area contributed by atoms with Crippen molar-refractivity contribution >= 4 is 33.7 Å². The fourth-order valence-electron chi connectivity index (χ4n) is 2.00. The van der Waals surface area contributed by atoms with Crippen molar-refractivity contribution in [2.75, 3.05) is 0 Å². The van der Waals surface area contributed by atoms with E-state index in [1.165, 1.54) is 6.33 Å². The van der Waals surface area contributed by atoms with Gasteiger partial charge in [-0.1, -0.05) is 11.6 Å². The zero-order valence-electron chi connectivity index (χ0n) is 9.59. The first kappa shape index (κ1) is 10.5. The summed E-state index contributed by atoms with van der Waals surface area (Å²) < 4.78 is 5.74. The SMILES string of the molecule is Clc1ccc2cc(-c3nc4ncncc4[nH]3)oc2c1. The standard InChI is InChI=1S/C13H7ClN4O/c14-8-2-1-7-3-11(19-10(7)4-8)13-17-9-5-15-6-16-12(9)18-13/h1-6H,(H,15,16,17,18). The summed E-state index contributed by atoms with van der Waals surface area (Å²) in [5, 5.41) is 1.62. The molecule has 5 nitrogen and oxygen atoms in total. The first-order valence-electron chi connectivity index (χ1n) is 5.65. The zero-order chi connectivity index (χ0) is 12.8. The van der Waals surface area contributed by atoms with E-state index in [2.05, 4.69) is 19.9 Å². The third-order valence-electron chi connectivity index (χ3n) is 2.88. The quantitative estimate of drug-likeness (QED) is 0.575. The summed E-state index contributed by atoms with van der Waals surface area (Å²) >= 11 is 5.94. The Hall–Kier alpha value is -2.40. The lowest BCUT2D eigenvalue weighted by Gasteiger charge is -1.88. The molecule has 19 heavy (non-hydrogen) atoms. The van der Waals surface area contributed by atoms with Crippen molar-refractivity contribution in [2.45, 2.75) is 0 Å². The summed E-state index contributed by atoms with van der Waals surface area (Å²) in [4.78, 5) is 15.5. The maximum atomic E-state index is 5.94. The van der Waals surface area contributed by atoms with Gasteiger partial charge >= 0.3 is 0 Å². The second-order valence-electron chi connectivity index (χ2n) is 4.14. The maximum Gasteiger partial charge on any atom is 0.181 e. The molecule has 0 saturated carbocycles. The number of benzene rings is 1. The highest BCUT2D eigenvalue weighted by atomic mass is 35.5. The second-order valence-corrected chi connectivity index (χ2v) is 4.57. The number of hydrogen-bond donors (Lipinski definition) is 1. The van der Waals surface area contributed by atoms with Crippen molar-refractivity contribution < 1.29 is 4.42 Å². The number of imidazole rings is 1. The van der Waals surface area contributed by atoms with Gasteiger partial charge in [-0.15, -0.1) is 0 Å². The van der Waals surface area contributed by atoms with E-state index in [1.54, 1.807) is 12.3 Å². The van der Waals surface area contributed by atoms with E-state index in [1.807, 2.05) is 18.2 Å². The molecule has 0 amide bonds. The Morgan fingerprint density at radius 3 is 3.05 bits per heavy atom.